The van der Waals surface area contributed by atoms with Crippen molar-refractivity contribution in [2.24, 2.45) is 5.41 Å². The van der Waals surface area contributed by atoms with Crippen LogP contribution < -0.4 is 15.0 Å². The lowest BCUT2D eigenvalue weighted by Gasteiger charge is -2.26. The molecule has 142 valence electrons. The third-order valence-corrected chi connectivity index (χ3v) is 4.59. The molecule has 0 unspecified atom stereocenters. The first-order chi connectivity index (χ1) is 12.7. The number of fused-ring (bicyclic) bond motifs is 1. The van der Waals surface area contributed by atoms with Gasteiger partial charge in [-0.3, -0.25) is 9.59 Å². The van der Waals surface area contributed by atoms with E-state index in [1.54, 1.807) is 29.2 Å². The first kappa shape index (κ1) is 19.2. The maximum Gasteiger partial charge on any atom is 0.262 e. The molecule has 3 rings (SSSR count). The van der Waals surface area contributed by atoms with Crippen LogP contribution in [0, 0.1) is 5.41 Å². The number of carbonyl (C=O) groups excluding carboxylic acids is 2. The summed E-state index contributed by atoms with van der Waals surface area (Å²) in [4.78, 5) is 26.6. The van der Waals surface area contributed by atoms with Crippen molar-refractivity contribution in [3.63, 3.8) is 0 Å². The predicted molar refractivity (Wildman–Crippen MR) is 108 cm³/mol. The molecule has 0 fully saturated rings. The SMILES string of the molecule is CC(C)(C)C(=O)N1CCc2ccc(NC(=O)COc3ccc(Cl)cc3)cc21. The molecule has 0 aliphatic carbocycles. The average Bonchev–Trinajstić information content (AvgIpc) is 3.03. The number of amides is 2. The van der Waals surface area contributed by atoms with Crippen molar-refractivity contribution in [1.29, 1.82) is 0 Å². The zero-order chi connectivity index (χ0) is 19.6. The van der Waals surface area contributed by atoms with Crippen LogP contribution in [0.15, 0.2) is 42.5 Å². The molecule has 1 N–H and O–H groups in total. The second-order valence-corrected chi connectivity index (χ2v) is 8.03. The van der Waals surface area contributed by atoms with E-state index < -0.39 is 5.41 Å². The molecule has 0 spiro atoms. The molecule has 1 aliphatic heterocycles. The number of carbonyl (C=O) groups is 2. The Morgan fingerprint density at radius 3 is 2.52 bits per heavy atom. The minimum Gasteiger partial charge on any atom is -0.484 e. The summed E-state index contributed by atoms with van der Waals surface area (Å²) in [5.74, 6) is 0.387. The van der Waals surface area contributed by atoms with E-state index in [0.717, 1.165) is 17.7 Å². The molecule has 0 atom stereocenters. The normalized spacial score (nSPS) is 13.3. The number of benzene rings is 2. The topological polar surface area (TPSA) is 58.6 Å². The van der Waals surface area contributed by atoms with E-state index in [9.17, 15) is 9.59 Å². The van der Waals surface area contributed by atoms with Gasteiger partial charge in [0.25, 0.3) is 5.91 Å². The highest BCUT2D eigenvalue weighted by molar-refractivity contribution is 6.30. The second-order valence-electron chi connectivity index (χ2n) is 7.59. The molecule has 0 saturated carbocycles. The van der Waals surface area contributed by atoms with Gasteiger partial charge in [-0.1, -0.05) is 38.4 Å². The van der Waals surface area contributed by atoms with Gasteiger partial charge in [0, 0.05) is 28.4 Å². The maximum absolute atomic E-state index is 12.7. The average molecular weight is 387 g/mol. The number of hydrogen-bond donors (Lipinski definition) is 1. The van der Waals surface area contributed by atoms with Crippen LogP contribution in [0.5, 0.6) is 5.75 Å². The van der Waals surface area contributed by atoms with Crippen LogP contribution in [0.1, 0.15) is 26.3 Å². The summed E-state index contributed by atoms with van der Waals surface area (Å²) in [7, 11) is 0. The van der Waals surface area contributed by atoms with E-state index >= 15 is 0 Å². The molecule has 1 heterocycles. The monoisotopic (exact) mass is 386 g/mol. The lowest BCUT2D eigenvalue weighted by molar-refractivity contribution is -0.125. The van der Waals surface area contributed by atoms with Gasteiger partial charge in [0.1, 0.15) is 5.75 Å². The molecule has 0 radical (unpaired) electrons. The number of ether oxygens (including phenoxy) is 1. The van der Waals surface area contributed by atoms with Gasteiger partial charge in [-0.15, -0.1) is 0 Å². The zero-order valence-corrected chi connectivity index (χ0v) is 16.5. The predicted octanol–water partition coefficient (Wildman–Crippen LogP) is 4.29. The van der Waals surface area contributed by atoms with Gasteiger partial charge in [0.15, 0.2) is 6.61 Å². The Morgan fingerprint density at radius 2 is 1.85 bits per heavy atom. The Balaban J connectivity index is 1.65. The van der Waals surface area contributed by atoms with Crippen molar-refractivity contribution >= 4 is 34.8 Å². The van der Waals surface area contributed by atoms with Crippen LogP contribution in [0.3, 0.4) is 0 Å². The van der Waals surface area contributed by atoms with Gasteiger partial charge >= 0.3 is 0 Å². The standard InChI is InChI=1S/C21H23ClN2O3/c1-21(2,3)20(26)24-11-10-14-4-7-16(12-18(14)24)23-19(25)13-27-17-8-5-15(22)6-9-17/h4-9,12H,10-11,13H2,1-3H3,(H,23,25). The van der Waals surface area contributed by atoms with Crippen molar-refractivity contribution in [2.75, 3.05) is 23.4 Å². The third-order valence-electron chi connectivity index (χ3n) is 4.33. The van der Waals surface area contributed by atoms with Crippen molar-refractivity contribution < 1.29 is 14.3 Å². The quantitative estimate of drug-likeness (QED) is 0.852. The number of nitrogens with one attached hydrogen (secondary N) is 1. The van der Waals surface area contributed by atoms with Crippen LogP contribution in [-0.2, 0) is 16.0 Å². The molecule has 0 aromatic heterocycles. The second kappa shape index (κ2) is 7.61. The fraction of sp³-hybridized carbons (Fsp3) is 0.333. The third kappa shape index (κ3) is 4.61. The van der Waals surface area contributed by atoms with Crippen molar-refractivity contribution in [1.82, 2.24) is 0 Å². The molecule has 0 saturated heterocycles. The highest BCUT2D eigenvalue weighted by Crippen LogP contribution is 2.34. The van der Waals surface area contributed by atoms with E-state index in [1.165, 1.54) is 0 Å². The first-order valence-corrected chi connectivity index (χ1v) is 9.25. The molecule has 6 heteroatoms. The molecular formula is C21H23ClN2O3. The smallest absolute Gasteiger partial charge is 0.262 e. The molecule has 1 aliphatic rings. The van der Waals surface area contributed by atoms with Gasteiger partial charge in [-0.2, -0.15) is 0 Å². The summed E-state index contributed by atoms with van der Waals surface area (Å²) < 4.78 is 5.46. The molecule has 2 aromatic carbocycles. The summed E-state index contributed by atoms with van der Waals surface area (Å²) in [5, 5.41) is 3.43. The molecule has 27 heavy (non-hydrogen) atoms. The molecular weight excluding hydrogens is 364 g/mol. The highest BCUT2D eigenvalue weighted by Gasteiger charge is 2.32. The lowest BCUT2D eigenvalue weighted by atomic mass is 9.94. The maximum atomic E-state index is 12.7. The Morgan fingerprint density at radius 1 is 1.15 bits per heavy atom. The Labute approximate surface area is 164 Å². The lowest BCUT2D eigenvalue weighted by Crippen LogP contribution is -2.38. The minimum atomic E-state index is -0.451. The minimum absolute atomic E-state index is 0.0794. The van der Waals surface area contributed by atoms with Gasteiger partial charge in [-0.05, 0) is 48.4 Å². The zero-order valence-electron chi connectivity index (χ0n) is 15.7. The Hall–Kier alpha value is -2.53. The van der Waals surface area contributed by atoms with Crippen molar-refractivity contribution in [3.8, 4) is 5.75 Å². The van der Waals surface area contributed by atoms with Crippen LogP contribution in [0.4, 0.5) is 11.4 Å². The molecule has 5 nitrogen and oxygen atoms in total. The largest absolute Gasteiger partial charge is 0.484 e. The Bertz CT molecular complexity index is 857. The van der Waals surface area contributed by atoms with E-state index in [-0.39, 0.29) is 18.4 Å². The van der Waals surface area contributed by atoms with Gasteiger partial charge < -0.3 is 15.0 Å². The van der Waals surface area contributed by atoms with Crippen molar-refractivity contribution in [2.45, 2.75) is 27.2 Å². The molecule has 2 aromatic rings. The summed E-state index contributed by atoms with van der Waals surface area (Å²) in [6, 6.07) is 12.5. The number of nitrogens with zero attached hydrogens (tertiary/aromatic N) is 1. The van der Waals surface area contributed by atoms with E-state index in [0.29, 0.717) is 23.0 Å². The van der Waals surface area contributed by atoms with Crippen LogP contribution >= 0.6 is 11.6 Å². The van der Waals surface area contributed by atoms with E-state index in [1.807, 2.05) is 39.0 Å². The number of halogens is 1. The number of anilines is 2. The number of rotatable bonds is 4. The fourth-order valence-electron chi connectivity index (χ4n) is 2.95. The van der Waals surface area contributed by atoms with Gasteiger partial charge in [0.05, 0.1) is 0 Å². The Kier molecular flexibility index (Phi) is 5.42. The van der Waals surface area contributed by atoms with Crippen LogP contribution in [0.25, 0.3) is 0 Å². The van der Waals surface area contributed by atoms with Crippen molar-refractivity contribution in [3.05, 3.63) is 53.1 Å². The first-order valence-electron chi connectivity index (χ1n) is 8.87. The molecule has 2 amide bonds. The van der Waals surface area contributed by atoms with Gasteiger partial charge in [0.2, 0.25) is 5.91 Å². The summed E-state index contributed by atoms with van der Waals surface area (Å²) in [5.41, 5.74) is 2.18. The van der Waals surface area contributed by atoms with E-state index in [4.69, 9.17) is 16.3 Å². The summed E-state index contributed by atoms with van der Waals surface area (Å²) in [6.07, 6.45) is 0.824. The van der Waals surface area contributed by atoms with Crippen LogP contribution in [-0.4, -0.2) is 25.0 Å². The summed E-state index contributed by atoms with van der Waals surface area (Å²) in [6.45, 7) is 6.29. The van der Waals surface area contributed by atoms with E-state index in [2.05, 4.69) is 5.32 Å². The highest BCUT2D eigenvalue weighted by atomic mass is 35.5. The fourth-order valence-corrected chi connectivity index (χ4v) is 3.08. The van der Waals surface area contributed by atoms with Crippen LogP contribution in [0.2, 0.25) is 5.02 Å². The molecule has 0 bridgehead atoms. The summed E-state index contributed by atoms with van der Waals surface area (Å²) >= 11 is 5.83. The van der Waals surface area contributed by atoms with Gasteiger partial charge in [-0.25, -0.2) is 0 Å². The number of hydrogen-bond acceptors (Lipinski definition) is 3.